The van der Waals surface area contributed by atoms with E-state index in [2.05, 4.69) is 4.98 Å². The lowest BCUT2D eigenvalue weighted by Crippen LogP contribution is -2.44. The second-order valence-electron chi connectivity index (χ2n) is 7.03. The van der Waals surface area contributed by atoms with Crippen molar-refractivity contribution >= 4 is 12.1 Å². The van der Waals surface area contributed by atoms with Gasteiger partial charge in [0.25, 0.3) is 0 Å². The van der Waals surface area contributed by atoms with Crippen molar-refractivity contribution in [2.24, 2.45) is 0 Å². The Hall–Kier alpha value is -2.52. The molecule has 1 aliphatic rings. The summed E-state index contributed by atoms with van der Waals surface area (Å²) in [7, 11) is 1.20. The second kappa shape index (κ2) is 7.61. The number of amides is 1. The van der Waals surface area contributed by atoms with Crippen molar-refractivity contribution in [1.29, 1.82) is 0 Å². The van der Waals surface area contributed by atoms with E-state index in [1.807, 2.05) is 0 Å². The molecule has 0 radical (unpaired) electrons. The number of alkyl halides is 3. The molecule has 150 valence electrons. The highest BCUT2D eigenvalue weighted by molar-refractivity contribution is 5.82. The molecule has 1 aromatic rings. The van der Waals surface area contributed by atoms with Crippen LogP contribution in [0.2, 0.25) is 0 Å². The van der Waals surface area contributed by atoms with E-state index < -0.39 is 41.5 Å². The summed E-state index contributed by atoms with van der Waals surface area (Å²) in [5, 5.41) is 0. The summed E-state index contributed by atoms with van der Waals surface area (Å²) < 4.78 is 53.3. The topological polar surface area (TPSA) is 78.0 Å². The maximum absolute atomic E-state index is 12.6. The first-order chi connectivity index (χ1) is 12.4. The van der Waals surface area contributed by atoms with E-state index in [9.17, 15) is 22.8 Å². The molecule has 0 spiro atoms. The third-order valence-electron chi connectivity index (χ3n) is 3.72. The monoisotopic (exact) mass is 390 g/mol. The molecule has 1 saturated heterocycles. The minimum absolute atomic E-state index is 0.0113. The molecule has 2 heterocycles. The minimum Gasteiger partial charge on any atom is -0.472 e. The maximum Gasteiger partial charge on any atom is 0.417 e. The van der Waals surface area contributed by atoms with Crippen molar-refractivity contribution < 1.29 is 37.0 Å². The summed E-state index contributed by atoms with van der Waals surface area (Å²) in [6.45, 7) is 5.08. The van der Waals surface area contributed by atoms with Crippen LogP contribution in [0.1, 0.15) is 32.8 Å². The van der Waals surface area contributed by atoms with Crippen LogP contribution in [0.5, 0.6) is 5.88 Å². The Kier molecular flexibility index (Phi) is 5.86. The van der Waals surface area contributed by atoms with E-state index in [-0.39, 0.29) is 18.8 Å². The summed E-state index contributed by atoms with van der Waals surface area (Å²) in [6.07, 6.45) is -5.08. The number of pyridine rings is 1. The van der Waals surface area contributed by atoms with Crippen LogP contribution in [0.3, 0.4) is 0 Å². The normalized spacial score (nSPS) is 20.3. The maximum atomic E-state index is 12.6. The summed E-state index contributed by atoms with van der Waals surface area (Å²) in [5.74, 6) is -0.671. The lowest BCUT2D eigenvalue weighted by Gasteiger charge is -2.27. The van der Waals surface area contributed by atoms with Crippen molar-refractivity contribution in [2.75, 3.05) is 13.7 Å². The van der Waals surface area contributed by atoms with Gasteiger partial charge in [0.05, 0.1) is 19.2 Å². The molecular formula is C17H21F3N2O5. The standard InChI is InChI=1S/C17H21F3N2O5/c1-16(2,3)27-15(24)22-9-11(7-12(22)14(23)25-4)26-13-6-5-10(8-21-13)17(18,19)20/h5-6,8,11-12H,7,9H2,1-4H3/t11-,12+/m1/s1. The Balaban J connectivity index is 2.10. The largest absolute Gasteiger partial charge is 0.472 e. The molecule has 0 bridgehead atoms. The van der Waals surface area contributed by atoms with Gasteiger partial charge in [-0.2, -0.15) is 13.2 Å². The molecule has 10 heteroatoms. The van der Waals surface area contributed by atoms with Crippen LogP contribution in [-0.4, -0.2) is 53.3 Å². The average molecular weight is 390 g/mol. The molecule has 2 atom stereocenters. The van der Waals surface area contributed by atoms with Crippen molar-refractivity contribution in [2.45, 2.75) is 51.1 Å². The first kappa shape index (κ1) is 20.8. The van der Waals surface area contributed by atoms with Crippen LogP contribution in [0.15, 0.2) is 18.3 Å². The molecule has 1 aromatic heterocycles. The Bertz CT molecular complexity index is 685. The highest BCUT2D eigenvalue weighted by Crippen LogP contribution is 2.30. The first-order valence-corrected chi connectivity index (χ1v) is 8.18. The van der Waals surface area contributed by atoms with Crippen LogP contribution < -0.4 is 4.74 Å². The van der Waals surface area contributed by atoms with Gasteiger partial charge in [0, 0.05) is 18.7 Å². The van der Waals surface area contributed by atoms with Crippen LogP contribution in [0, 0.1) is 0 Å². The molecule has 0 aliphatic carbocycles. The Morgan fingerprint density at radius 3 is 2.37 bits per heavy atom. The number of methoxy groups -OCH3 is 1. The zero-order valence-corrected chi connectivity index (χ0v) is 15.4. The van der Waals surface area contributed by atoms with Crippen LogP contribution in [0.4, 0.5) is 18.0 Å². The van der Waals surface area contributed by atoms with Crippen molar-refractivity contribution in [3.05, 3.63) is 23.9 Å². The molecule has 27 heavy (non-hydrogen) atoms. The summed E-state index contributed by atoms with van der Waals surface area (Å²) >= 11 is 0. The smallest absolute Gasteiger partial charge is 0.417 e. The predicted molar refractivity (Wildman–Crippen MR) is 87.0 cm³/mol. The SMILES string of the molecule is COC(=O)[C@@H]1C[C@@H](Oc2ccc(C(F)(F)F)cn2)CN1C(=O)OC(C)(C)C. The van der Waals surface area contributed by atoms with Gasteiger partial charge >= 0.3 is 18.2 Å². The number of rotatable bonds is 3. The van der Waals surface area contributed by atoms with Crippen molar-refractivity contribution in [1.82, 2.24) is 9.88 Å². The van der Waals surface area contributed by atoms with E-state index in [1.54, 1.807) is 20.8 Å². The van der Waals surface area contributed by atoms with Gasteiger partial charge in [-0.3, -0.25) is 4.90 Å². The molecule has 2 rings (SSSR count). The quantitative estimate of drug-likeness (QED) is 0.739. The lowest BCUT2D eigenvalue weighted by molar-refractivity contribution is -0.145. The van der Waals surface area contributed by atoms with E-state index in [1.165, 1.54) is 12.0 Å². The van der Waals surface area contributed by atoms with Crippen LogP contribution in [0.25, 0.3) is 0 Å². The minimum atomic E-state index is -4.50. The number of hydrogen-bond donors (Lipinski definition) is 0. The van der Waals surface area contributed by atoms with Gasteiger partial charge in [-0.05, 0) is 26.8 Å². The van der Waals surface area contributed by atoms with E-state index in [0.29, 0.717) is 6.20 Å². The van der Waals surface area contributed by atoms with E-state index >= 15 is 0 Å². The molecule has 1 fully saturated rings. The number of halogens is 3. The fourth-order valence-corrected chi connectivity index (χ4v) is 2.55. The van der Waals surface area contributed by atoms with Gasteiger partial charge in [-0.25, -0.2) is 14.6 Å². The third-order valence-corrected chi connectivity index (χ3v) is 3.72. The number of carbonyl (C=O) groups is 2. The van der Waals surface area contributed by atoms with Gasteiger partial charge in [0.2, 0.25) is 5.88 Å². The number of carbonyl (C=O) groups excluding carboxylic acids is 2. The Labute approximate surface area is 154 Å². The Morgan fingerprint density at radius 1 is 1.22 bits per heavy atom. The molecule has 0 N–H and O–H groups in total. The highest BCUT2D eigenvalue weighted by atomic mass is 19.4. The zero-order chi connectivity index (χ0) is 20.4. The second-order valence-corrected chi connectivity index (χ2v) is 7.03. The number of hydrogen-bond acceptors (Lipinski definition) is 6. The number of esters is 1. The molecular weight excluding hydrogens is 369 g/mol. The molecule has 0 unspecified atom stereocenters. The summed E-state index contributed by atoms with van der Waals surface area (Å²) in [6, 6.07) is 1.02. The van der Waals surface area contributed by atoms with Crippen molar-refractivity contribution in [3.63, 3.8) is 0 Å². The molecule has 0 saturated carbocycles. The average Bonchev–Trinajstić information content (AvgIpc) is 2.96. The molecule has 1 aliphatic heterocycles. The third kappa shape index (κ3) is 5.48. The van der Waals surface area contributed by atoms with E-state index in [4.69, 9.17) is 14.2 Å². The summed E-state index contributed by atoms with van der Waals surface area (Å²) in [4.78, 5) is 29.1. The number of nitrogens with zero attached hydrogens (tertiary/aromatic N) is 2. The number of likely N-dealkylation sites (tertiary alicyclic amines) is 1. The number of aromatic nitrogens is 1. The van der Waals surface area contributed by atoms with Gasteiger partial charge in [-0.15, -0.1) is 0 Å². The predicted octanol–water partition coefficient (Wildman–Crippen LogP) is 3.03. The van der Waals surface area contributed by atoms with Gasteiger partial charge < -0.3 is 14.2 Å². The van der Waals surface area contributed by atoms with Crippen LogP contribution >= 0.6 is 0 Å². The van der Waals surface area contributed by atoms with Crippen LogP contribution in [-0.2, 0) is 20.4 Å². The van der Waals surface area contributed by atoms with Gasteiger partial charge in [0.1, 0.15) is 17.7 Å². The fraction of sp³-hybridized carbons (Fsp3) is 0.588. The first-order valence-electron chi connectivity index (χ1n) is 8.18. The zero-order valence-electron chi connectivity index (χ0n) is 15.4. The number of ether oxygens (including phenoxy) is 3. The Morgan fingerprint density at radius 2 is 1.89 bits per heavy atom. The van der Waals surface area contributed by atoms with E-state index in [0.717, 1.165) is 12.1 Å². The highest BCUT2D eigenvalue weighted by Gasteiger charge is 2.43. The van der Waals surface area contributed by atoms with Gasteiger partial charge in [0.15, 0.2) is 0 Å². The summed E-state index contributed by atoms with van der Waals surface area (Å²) in [5.41, 5.74) is -1.66. The van der Waals surface area contributed by atoms with Gasteiger partial charge in [-0.1, -0.05) is 0 Å². The molecule has 0 aromatic carbocycles. The fourth-order valence-electron chi connectivity index (χ4n) is 2.55. The molecule has 1 amide bonds. The molecule has 7 nitrogen and oxygen atoms in total. The lowest BCUT2D eigenvalue weighted by atomic mass is 10.2. The van der Waals surface area contributed by atoms with Crippen molar-refractivity contribution in [3.8, 4) is 5.88 Å².